The Morgan fingerprint density at radius 1 is 1.19 bits per heavy atom. The van der Waals surface area contributed by atoms with Crippen molar-refractivity contribution in [2.45, 2.75) is 9.93 Å². The van der Waals surface area contributed by atoms with Gasteiger partial charge in [-0.25, -0.2) is 0 Å². The standard InChI is InChI=1S/C10H10N2O2.2Al.4H/c13-6-8-2-1-5-12(8)10-3-4-11-9(10)7-14;;;;;;/h1-7,11,13-14H;;;;;;. The quantitative estimate of drug-likeness (QED) is 0.614. The van der Waals surface area contributed by atoms with Gasteiger partial charge >= 0.3 is 0 Å². The highest BCUT2D eigenvalue weighted by Gasteiger charge is 2.14. The van der Waals surface area contributed by atoms with E-state index in [0.29, 0.717) is 32.6 Å². The number of nitrogens with one attached hydrogen (secondary N) is 1. The summed E-state index contributed by atoms with van der Waals surface area (Å²) in [5.41, 5.74) is 2.64. The van der Waals surface area contributed by atoms with Crippen molar-refractivity contribution in [1.82, 2.24) is 9.55 Å². The first-order valence-corrected chi connectivity index (χ1v) is 7.63. The van der Waals surface area contributed by atoms with Gasteiger partial charge in [0, 0.05) is 28.0 Å². The van der Waals surface area contributed by atoms with Crippen LogP contribution in [-0.2, 0) is 0 Å². The number of aromatic nitrogens is 2. The van der Waals surface area contributed by atoms with Gasteiger partial charge in [-0.1, -0.05) is 0 Å². The number of rotatable bonds is 3. The molecule has 2 atom stereocenters. The largest absolute Gasteiger partial charge is 0.403 e. The lowest BCUT2D eigenvalue weighted by atomic mass is 10.3. The Hall–Kier alpha value is -0.455. The molecule has 2 aromatic rings. The van der Waals surface area contributed by atoms with Crippen LogP contribution < -0.4 is 0 Å². The molecule has 0 aliphatic rings. The maximum absolute atomic E-state index is 9.70. The second-order valence-corrected chi connectivity index (χ2v) is 6.12. The molecule has 2 unspecified atom stereocenters. The lowest BCUT2D eigenvalue weighted by Gasteiger charge is -2.13. The molecule has 0 spiro atoms. The predicted octanol–water partition coefficient (Wildman–Crippen LogP) is -0.947. The van der Waals surface area contributed by atoms with Gasteiger partial charge in [-0.3, -0.25) is 0 Å². The van der Waals surface area contributed by atoms with E-state index < -0.39 is 4.97 Å². The van der Waals surface area contributed by atoms with E-state index in [2.05, 4.69) is 4.98 Å². The molecule has 2 rings (SSSR count). The molecule has 0 amide bonds. The summed E-state index contributed by atoms with van der Waals surface area (Å²) in [4.78, 5) is 2.26. The average Bonchev–Trinajstić information content (AvgIpc) is 2.85. The lowest BCUT2D eigenvalue weighted by molar-refractivity contribution is 0.251. The highest BCUT2D eigenvalue weighted by molar-refractivity contribution is 6.11. The molecular formula is C10H14Al2N2O2. The van der Waals surface area contributed by atoms with Gasteiger partial charge in [-0.05, 0) is 18.2 Å². The van der Waals surface area contributed by atoms with Gasteiger partial charge in [-0.2, -0.15) is 0 Å². The number of hydrogen-bond acceptors (Lipinski definition) is 2. The molecule has 2 heterocycles. The summed E-state index contributed by atoms with van der Waals surface area (Å²) in [5.74, 6) is 0. The summed E-state index contributed by atoms with van der Waals surface area (Å²) >= 11 is 1.38. The molecule has 0 saturated carbocycles. The molecule has 4 nitrogen and oxygen atoms in total. The van der Waals surface area contributed by atoms with Gasteiger partial charge in [0.25, 0.3) is 32.6 Å². The Kier molecular flexibility index (Phi) is 3.61. The first-order valence-electron chi connectivity index (χ1n) is 5.32. The van der Waals surface area contributed by atoms with E-state index in [9.17, 15) is 10.2 Å². The zero-order chi connectivity index (χ0) is 11.7. The van der Waals surface area contributed by atoms with Crippen molar-refractivity contribution in [3.8, 4) is 5.69 Å². The number of H-pyrrole nitrogens is 1. The van der Waals surface area contributed by atoms with Crippen LogP contribution in [0.2, 0.25) is 0 Å². The fourth-order valence-electron chi connectivity index (χ4n) is 1.87. The van der Waals surface area contributed by atoms with Crippen molar-refractivity contribution in [2.75, 3.05) is 0 Å². The monoisotopic (exact) mass is 248 g/mol. The van der Waals surface area contributed by atoms with E-state index >= 15 is 0 Å². The van der Waals surface area contributed by atoms with Crippen molar-refractivity contribution >= 4 is 32.6 Å². The second kappa shape index (κ2) is 4.81. The van der Waals surface area contributed by atoms with Crippen LogP contribution in [0.15, 0.2) is 30.6 Å². The van der Waals surface area contributed by atoms with Gasteiger partial charge in [0.05, 0.1) is 11.4 Å². The third kappa shape index (κ3) is 2.14. The lowest BCUT2D eigenvalue weighted by Crippen LogP contribution is -2.08. The zero-order valence-corrected chi connectivity index (χ0v) is 13.4. The minimum absolute atomic E-state index is 0.385. The van der Waals surface area contributed by atoms with Crippen LogP contribution in [0.25, 0.3) is 5.69 Å². The van der Waals surface area contributed by atoms with Gasteiger partial charge < -0.3 is 19.8 Å². The van der Waals surface area contributed by atoms with Crippen molar-refractivity contribution in [2.24, 2.45) is 0 Å². The summed E-state index contributed by atoms with van der Waals surface area (Å²) in [6.07, 6.45) is 3.72. The van der Waals surface area contributed by atoms with Crippen LogP contribution in [0, 0.1) is 0 Å². The first-order chi connectivity index (χ1) is 7.61. The zero-order valence-electron chi connectivity index (χ0n) is 9.38. The summed E-state index contributed by atoms with van der Waals surface area (Å²) < 4.78 is 1.94. The fourth-order valence-corrected chi connectivity index (χ4v) is 2.81. The third-order valence-corrected chi connectivity index (χ3v) is 3.81. The molecular weight excluding hydrogens is 234 g/mol. The summed E-state index contributed by atoms with van der Waals surface area (Å²) in [7, 11) is 0. The fraction of sp³-hybridized carbons (Fsp3) is 0.200. The Labute approximate surface area is 110 Å². The van der Waals surface area contributed by atoms with Crippen molar-refractivity contribution in [3.63, 3.8) is 0 Å². The Balaban J connectivity index is 2.50. The molecule has 6 heteroatoms. The SMILES string of the molecule is O[CH]([AlH2])c1[nH]ccc1-n1cccc1[CH](O)[AlH2]. The Morgan fingerprint density at radius 3 is 2.56 bits per heavy atom. The van der Waals surface area contributed by atoms with Gasteiger partial charge in [0.15, 0.2) is 0 Å². The van der Waals surface area contributed by atoms with Gasteiger partial charge in [0.2, 0.25) is 0 Å². The van der Waals surface area contributed by atoms with Crippen LogP contribution in [0.3, 0.4) is 0 Å². The molecule has 0 bridgehead atoms. The molecule has 0 saturated heterocycles. The predicted molar refractivity (Wildman–Crippen MR) is 67.1 cm³/mol. The molecule has 16 heavy (non-hydrogen) atoms. The van der Waals surface area contributed by atoms with E-state index in [-0.39, 0.29) is 4.97 Å². The second-order valence-electron chi connectivity index (χ2n) is 3.93. The summed E-state index contributed by atoms with van der Waals surface area (Å²) in [6, 6.07) is 5.74. The smallest absolute Gasteiger partial charge is 0.268 e. The summed E-state index contributed by atoms with van der Waals surface area (Å²) in [5, 5.41) is 19.4. The van der Waals surface area contributed by atoms with Crippen LogP contribution in [0.5, 0.6) is 0 Å². The van der Waals surface area contributed by atoms with Crippen LogP contribution >= 0.6 is 0 Å². The van der Waals surface area contributed by atoms with Gasteiger partial charge in [-0.15, -0.1) is 0 Å². The molecule has 0 radical (unpaired) electrons. The van der Waals surface area contributed by atoms with Crippen LogP contribution in [-0.4, -0.2) is 52.3 Å². The molecule has 0 fully saturated rings. The van der Waals surface area contributed by atoms with Crippen molar-refractivity contribution in [1.29, 1.82) is 0 Å². The topological polar surface area (TPSA) is 61.2 Å². The average molecular weight is 248 g/mol. The first kappa shape index (κ1) is 12.0. The highest BCUT2D eigenvalue weighted by atomic mass is 27.1. The number of aliphatic hydroxyl groups is 2. The highest BCUT2D eigenvalue weighted by Crippen LogP contribution is 2.22. The Bertz CT molecular complexity index is 432. The normalized spacial score (nSPS) is 14.9. The molecule has 0 aliphatic heterocycles. The van der Waals surface area contributed by atoms with Crippen molar-refractivity contribution in [3.05, 3.63) is 42.0 Å². The number of aliphatic hydroxyl groups excluding tert-OH is 2. The van der Waals surface area contributed by atoms with E-state index in [1.54, 1.807) is 0 Å². The maximum atomic E-state index is 9.70. The number of hydrogen-bond donors (Lipinski definition) is 3. The van der Waals surface area contributed by atoms with Crippen LogP contribution in [0.4, 0.5) is 0 Å². The molecule has 0 aromatic carbocycles. The third-order valence-electron chi connectivity index (χ3n) is 2.64. The number of aromatic amines is 1. The van der Waals surface area contributed by atoms with E-state index in [1.165, 1.54) is 0 Å². The van der Waals surface area contributed by atoms with E-state index in [0.717, 1.165) is 17.1 Å². The Morgan fingerprint density at radius 2 is 1.94 bits per heavy atom. The van der Waals surface area contributed by atoms with E-state index in [1.807, 2.05) is 35.2 Å². The molecule has 82 valence electrons. The molecule has 0 aliphatic carbocycles. The van der Waals surface area contributed by atoms with Crippen LogP contribution in [0.1, 0.15) is 21.3 Å². The molecule has 3 N–H and O–H groups in total. The minimum atomic E-state index is -0.411. The maximum Gasteiger partial charge on any atom is 0.268 e. The summed E-state index contributed by atoms with van der Waals surface area (Å²) in [6.45, 7) is 0. The van der Waals surface area contributed by atoms with E-state index in [4.69, 9.17) is 0 Å². The number of nitrogens with zero attached hydrogens (tertiary/aromatic N) is 1. The minimum Gasteiger partial charge on any atom is -0.403 e. The molecule has 2 aromatic heterocycles. The van der Waals surface area contributed by atoms with Gasteiger partial charge in [0.1, 0.15) is 0 Å². The van der Waals surface area contributed by atoms with Crippen molar-refractivity contribution < 1.29 is 10.2 Å².